The molecule has 0 atom stereocenters. The Balaban J connectivity index is 1.24. The van der Waals surface area contributed by atoms with Crippen LogP contribution < -0.4 is 15.8 Å². The van der Waals surface area contributed by atoms with E-state index in [4.69, 9.17) is 10.5 Å². The van der Waals surface area contributed by atoms with E-state index in [0.717, 1.165) is 34.3 Å². The molecule has 0 saturated heterocycles. The zero-order valence-electron chi connectivity index (χ0n) is 20.2. The summed E-state index contributed by atoms with van der Waals surface area (Å²) in [6, 6.07) is 16.0. The largest absolute Gasteiger partial charge is 0.496 e. The Morgan fingerprint density at radius 3 is 2.56 bits per heavy atom. The molecule has 0 spiro atoms. The standard InChI is InChI=1S/C27H27N7O2/c1-18-32-23(17-33(18)15-19-4-6-20(7-5-19)16-34-11-3-9-31-34)27(35)30-14-21-12-22-8-10-29-26(28)25(22)24(13-21)36-2/h3-13,17H,14-16H2,1-2H3,(H2,28,29)(H,30,35). The summed E-state index contributed by atoms with van der Waals surface area (Å²) in [5.41, 5.74) is 9.59. The van der Waals surface area contributed by atoms with Crippen molar-refractivity contribution in [3.8, 4) is 5.75 Å². The summed E-state index contributed by atoms with van der Waals surface area (Å²) in [5, 5.41) is 8.87. The number of nitrogen functional groups attached to an aromatic ring is 1. The third kappa shape index (κ3) is 4.90. The third-order valence-corrected chi connectivity index (χ3v) is 6.08. The highest BCUT2D eigenvalue weighted by Gasteiger charge is 2.14. The van der Waals surface area contributed by atoms with Crippen molar-refractivity contribution < 1.29 is 9.53 Å². The number of imidazole rings is 1. The number of anilines is 1. The lowest BCUT2D eigenvalue weighted by molar-refractivity contribution is 0.0946. The number of carbonyl (C=O) groups excluding carboxylic acids is 1. The molecule has 0 unspecified atom stereocenters. The van der Waals surface area contributed by atoms with E-state index < -0.39 is 0 Å². The summed E-state index contributed by atoms with van der Waals surface area (Å²) in [4.78, 5) is 21.5. The van der Waals surface area contributed by atoms with E-state index in [0.29, 0.717) is 30.4 Å². The molecule has 3 aromatic heterocycles. The Morgan fingerprint density at radius 2 is 1.83 bits per heavy atom. The van der Waals surface area contributed by atoms with Crippen LogP contribution in [-0.2, 0) is 19.6 Å². The normalized spacial score (nSPS) is 11.1. The molecule has 0 saturated carbocycles. The number of amides is 1. The quantitative estimate of drug-likeness (QED) is 0.350. The van der Waals surface area contributed by atoms with Crippen LogP contribution in [0.3, 0.4) is 0 Å². The van der Waals surface area contributed by atoms with Gasteiger partial charge in [-0.15, -0.1) is 0 Å². The van der Waals surface area contributed by atoms with Crippen LogP contribution in [0.1, 0.15) is 33.0 Å². The second-order valence-electron chi connectivity index (χ2n) is 8.60. The summed E-state index contributed by atoms with van der Waals surface area (Å²) in [5.74, 6) is 1.57. The first-order valence-corrected chi connectivity index (χ1v) is 11.6. The summed E-state index contributed by atoms with van der Waals surface area (Å²) >= 11 is 0. The first kappa shape index (κ1) is 23.1. The van der Waals surface area contributed by atoms with Gasteiger partial charge in [0.05, 0.1) is 19.0 Å². The molecule has 182 valence electrons. The minimum Gasteiger partial charge on any atom is -0.496 e. The fourth-order valence-electron chi connectivity index (χ4n) is 4.21. The average Bonchev–Trinajstić information content (AvgIpc) is 3.53. The minimum atomic E-state index is -0.236. The van der Waals surface area contributed by atoms with Gasteiger partial charge in [-0.3, -0.25) is 9.48 Å². The topological polar surface area (TPSA) is 113 Å². The monoisotopic (exact) mass is 481 g/mol. The second-order valence-corrected chi connectivity index (χ2v) is 8.60. The van der Waals surface area contributed by atoms with Crippen molar-refractivity contribution in [2.24, 2.45) is 0 Å². The van der Waals surface area contributed by atoms with Crippen LogP contribution in [-0.4, -0.2) is 37.3 Å². The van der Waals surface area contributed by atoms with Gasteiger partial charge in [-0.1, -0.05) is 24.3 Å². The summed E-state index contributed by atoms with van der Waals surface area (Å²) in [6.45, 7) is 3.59. The summed E-state index contributed by atoms with van der Waals surface area (Å²) in [6.07, 6.45) is 7.16. The van der Waals surface area contributed by atoms with E-state index in [9.17, 15) is 4.79 Å². The Hall–Kier alpha value is -4.66. The predicted molar refractivity (Wildman–Crippen MR) is 138 cm³/mol. The van der Waals surface area contributed by atoms with Crippen molar-refractivity contribution in [1.29, 1.82) is 0 Å². The highest BCUT2D eigenvalue weighted by molar-refractivity contribution is 5.97. The maximum atomic E-state index is 12.8. The lowest BCUT2D eigenvalue weighted by Crippen LogP contribution is -2.23. The number of ether oxygens (including phenoxy) is 1. The molecule has 0 aliphatic carbocycles. The molecule has 5 rings (SSSR count). The number of nitrogens with two attached hydrogens (primary N) is 1. The molecular weight excluding hydrogens is 454 g/mol. The zero-order chi connectivity index (χ0) is 25.1. The molecular formula is C27H27N7O2. The van der Waals surface area contributed by atoms with E-state index in [1.165, 1.54) is 5.56 Å². The number of hydrogen-bond acceptors (Lipinski definition) is 6. The molecule has 0 bridgehead atoms. The second kappa shape index (κ2) is 9.91. The van der Waals surface area contributed by atoms with Crippen LogP contribution in [0, 0.1) is 6.92 Å². The Morgan fingerprint density at radius 1 is 1.06 bits per heavy atom. The summed E-state index contributed by atoms with van der Waals surface area (Å²) in [7, 11) is 1.59. The van der Waals surface area contributed by atoms with E-state index in [1.54, 1.807) is 25.7 Å². The number of pyridine rings is 1. The van der Waals surface area contributed by atoms with Crippen molar-refractivity contribution in [1.82, 2.24) is 29.6 Å². The van der Waals surface area contributed by atoms with Gasteiger partial charge in [-0.2, -0.15) is 5.10 Å². The van der Waals surface area contributed by atoms with Gasteiger partial charge < -0.3 is 20.4 Å². The number of carbonyl (C=O) groups is 1. The van der Waals surface area contributed by atoms with Crippen molar-refractivity contribution >= 4 is 22.5 Å². The molecule has 0 radical (unpaired) electrons. The SMILES string of the molecule is COc1cc(CNC(=O)c2cn(Cc3ccc(Cn4cccn4)cc3)c(C)n2)cc2ccnc(N)c12. The summed E-state index contributed by atoms with van der Waals surface area (Å²) < 4.78 is 9.36. The van der Waals surface area contributed by atoms with Gasteiger partial charge in [0, 0.05) is 37.9 Å². The number of nitrogens with zero attached hydrogens (tertiary/aromatic N) is 5. The molecule has 36 heavy (non-hydrogen) atoms. The van der Waals surface area contributed by atoms with Gasteiger partial charge in [0.1, 0.15) is 23.1 Å². The van der Waals surface area contributed by atoms with E-state index >= 15 is 0 Å². The molecule has 5 aromatic rings. The number of aromatic nitrogens is 5. The molecule has 3 heterocycles. The van der Waals surface area contributed by atoms with E-state index in [1.807, 2.05) is 46.6 Å². The minimum absolute atomic E-state index is 0.236. The van der Waals surface area contributed by atoms with Crippen LogP contribution in [0.25, 0.3) is 10.8 Å². The molecule has 0 fully saturated rings. The lowest BCUT2D eigenvalue weighted by Gasteiger charge is -2.11. The number of benzene rings is 2. The predicted octanol–water partition coefficient (Wildman–Crippen LogP) is 3.55. The van der Waals surface area contributed by atoms with Gasteiger partial charge in [-0.05, 0) is 53.3 Å². The fraction of sp³-hybridized carbons (Fsp3) is 0.185. The first-order valence-electron chi connectivity index (χ1n) is 11.6. The number of methoxy groups -OCH3 is 1. The maximum Gasteiger partial charge on any atom is 0.271 e. The molecule has 1 amide bonds. The van der Waals surface area contributed by atoms with Crippen LogP contribution >= 0.6 is 0 Å². The first-order chi connectivity index (χ1) is 17.5. The maximum absolute atomic E-state index is 12.8. The van der Waals surface area contributed by atoms with Crippen molar-refractivity contribution in [3.63, 3.8) is 0 Å². The average molecular weight is 482 g/mol. The Kier molecular flexibility index (Phi) is 6.36. The number of nitrogens with one attached hydrogen (secondary N) is 1. The number of rotatable bonds is 8. The smallest absolute Gasteiger partial charge is 0.271 e. The van der Waals surface area contributed by atoms with Crippen molar-refractivity contribution in [2.45, 2.75) is 26.6 Å². The van der Waals surface area contributed by atoms with Crippen LogP contribution in [0.4, 0.5) is 5.82 Å². The van der Waals surface area contributed by atoms with Gasteiger partial charge in [0.15, 0.2) is 0 Å². The number of hydrogen-bond donors (Lipinski definition) is 2. The fourth-order valence-corrected chi connectivity index (χ4v) is 4.21. The van der Waals surface area contributed by atoms with Crippen LogP contribution in [0.2, 0.25) is 0 Å². The van der Waals surface area contributed by atoms with Gasteiger partial charge >= 0.3 is 0 Å². The number of fused-ring (bicyclic) bond motifs is 1. The number of aryl methyl sites for hydroxylation is 1. The lowest BCUT2D eigenvalue weighted by atomic mass is 10.1. The van der Waals surface area contributed by atoms with Crippen molar-refractivity contribution in [3.05, 3.63) is 102 Å². The van der Waals surface area contributed by atoms with E-state index in [-0.39, 0.29) is 5.91 Å². The third-order valence-electron chi connectivity index (χ3n) is 6.08. The van der Waals surface area contributed by atoms with Gasteiger partial charge in [-0.25, -0.2) is 9.97 Å². The molecule has 0 aliphatic heterocycles. The molecule has 9 nitrogen and oxygen atoms in total. The van der Waals surface area contributed by atoms with Gasteiger partial charge in [0.2, 0.25) is 0 Å². The van der Waals surface area contributed by atoms with Gasteiger partial charge in [0.25, 0.3) is 5.91 Å². The molecule has 0 aliphatic rings. The van der Waals surface area contributed by atoms with Crippen molar-refractivity contribution in [2.75, 3.05) is 12.8 Å². The van der Waals surface area contributed by atoms with Crippen LogP contribution in [0.5, 0.6) is 5.75 Å². The highest BCUT2D eigenvalue weighted by Crippen LogP contribution is 2.30. The Labute approximate surface area is 208 Å². The van der Waals surface area contributed by atoms with E-state index in [2.05, 4.69) is 44.6 Å². The highest BCUT2D eigenvalue weighted by atomic mass is 16.5. The Bertz CT molecular complexity index is 1510. The molecule has 2 aromatic carbocycles. The molecule has 3 N–H and O–H groups in total. The van der Waals surface area contributed by atoms with Crippen LogP contribution in [0.15, 0.2) is 73.3 Å². The zero-order valence-corrected chi connectivity index (χ0v) is 20.2. The molecule has 9 heteroatoms.